The molecular formula is C19H19ClN2O4. The van der Waals surface area contributed by atoms with Gasteiger partial charge in [-0.15, -0.1) is 0 Å². The average molecular weight is 375 g/mol. The van der Waals surface area contributed by atoms with Gasteiger partial charge in [0.1, 0.15) is 17.6 Å². The zero-order valence-electron chi connectivity index (χ0n) is 14.5. The van der Waals surface area contributed by atoms with Gasteiger partial charge in [0.05, 0.1) is 11.8 Å². The fourth-order valence-corrected chi connectivity index (χ4v) is 3.05. The molecule has 2 aromatic rings. The third-order valence-corrected chi connectivity index (χ3v) is 4.51. The van der Waals surface area contributed by atoms with Crippen molar-refractivity contribution in [2.24, 2.45) is 0 Å². The molecule has 26 heavy (non-hydrogen) atoms. The largest absolute Gasteiger partial charge is 0.507 e. The maximum atomic E-state index is 12.7. The van der Waals surface area contributed by atoms with E-state index in [4.69, 9.17) is 16.0 Å². The van der Waals surface area contributed by atoms with Gasteiger partial charge in [0.15, 0.2) is 0 Å². The van der Waals surface area contributed by atoms with E-state index in [1.54, 1.807) is 36.4 Å². The van der Waals surface area contributed by atoms with Crippen LogP contribution < -0.4 is 0 Å². The minimum absolute atomic E-state index is 0.0195. The summed E-state index contributed by atoms with van der Waals surface area (Å²) in [5.41, 5.74) is 0.433. The number of likely N-dealkylation sites (tertiary alicyclic amines) is 1. The summed E-state index contributed by atoms with van der Waals surface area (Å²) in [6.45, 7) is 0.908. The van der Waals surface area contributed by atoms with Crippen molar-refractivity contribution in [1.82, 2.24) is 9.80 Å². The van der Waals surface area contributed by atoms with Crippen LogP contribution in [0.3, 0.4) is 0 Å². The molecule has 1 fully saturated rings. The zero-order valence-corrected chi connectivity index (χ0v) is 15.2. The van der Waals surface area contributed by atoms with Crippen LogP contribution >= 0.6 is 11.6 Å². The number of aliphatic hydroxyl groups excluding tert-OH is 1. The minimum Gasteiger partial charge on any atom is -0.507 e. The van der Waals surface area contributed by atoms with Crippen molar-refractivity contribution in [2.75, 3.05) is 27.2 Å². The summed E-state index contributed by atoms with van der Waals surface area (Å²) in [6, 6.07) is 9.04. The van der Waals surface area contributed by atoms with E-state index >= 15 is 0 Å². The van der Waals surface area contributed by atoms with Crippen molar-refractivity contribution in [3.63, 3.8) is 0 Å². The van der Waals surface area contributed by atoms with Crippen molar-refractivity contribution in [2.45, 2.75) is 6.04 Å². The molecule has 1 N–H and O–H groups in total. The standard InChI is InChI=1S/C19H19ClN2O4/c1-21(2)9-10-22-16(14-4-3-11-26-14)15(18(24)19(22)25)17(23)12-5-7-13(20)8-6-12/h3-8,11,16,23H,9-10H2,1-2H3/b17-15+/t16-/m1/s1. The van der Waals surface area contributed by atoms with Gasteiger partial charge in [-0.2, -0.15) is 0 Å². The third-order valence-electron chi connectivity index (χ3n) is 4.26. The molecule has 7 heteroatoms. The number of hydrogen-bond acceptors (Lipinski definition) is 5. The number of carbonyl (C=O) groups is 2. The second kappa shape index (κ2) is 7.35. The summed E-state index contributed by atoms with van der Waals surface area (Å²) in [4.78, 5) is 28.6. The Morgan fingerprint density at radius 2 is 1.92 bits per heavy atom. The quantitative estimate of drug-likeness (QED) is 0.495. The number of halogens is 1. The summed E-state index contributed by atoms with van der Waals surface area (Å²) >= 11 is 5.89. The van der Waals surface area contributed by atoms with E-state index in [0.29, 0.717) is 29.4 Å². The van der Waals surface area contributed by atoms with Gasteiger partial charge in [0, 0.05) is 23.7 Å². The predicted molar refractivity (Wildman–Crippen MR) is 97.7 cm³/mol. The molecule has 1 aliphatic heterocycles. The Balaban J connectivity index is 2.09. The SMILES string of the molecule is CN(C)CCN1C(=O)C(=O)/C(=C(/O)c2ccc(Cl)cc2)[C@H]1c1ccco1. The lowest BCUT2D eigenvalue weighted by Gasteiger charge is -2.24. The van der Waals surface area contributed by atoms with Crippen LogP contribution in [0.5, 0.6) is 0 Å². The zero-order chi connectivity index (χ0) is 18.8. The van der Waals surface area contributed by atoms with Gasteiger partial charge >= 0.3 is 0 Å². The van der Waals surface area contributed by atoms with Crippen molar-refractivity contribution >= 4 is 29.1 Å². The van der Waals surface area contributed by atoms with Crippen molar-refractivity contribution < 1.29 is 19.1 Å². The molecule has 1 amide bonds. The predicted octanol–water partition coefficient (Wildman–Crippen LogP) is 2.92. The van der Waals surface area contributed by atoms with Crippen molar-refractivity contribution in [3.05, 3.63) is 64.6 Å². The highest BCUT2D eigenvalue weighted by atomic mass is 35.5. The smallest absolute Gasteiger partial charge is 0.295 e. The number of Topliss-reactive ketones (excluding diaryl/α,β-unsaturated/α-hetero) is 1. The molecule has 1 aliphatic rings. The lowest BCUT2D eigenvalue weighted by molar-refractivity contribution is -0.140. The third kappa shape index (κ3) is 3.38. The van der Waals surface area contributed by atoms with Crippen LogP contribution in [0.4, 0.5) is 0 Å². The molecule has 136 valence electrons. The molecule has 1 aromatic carbocycles. The highest BCUT2D eigenvalue weighted by Gasteiger charge is 2.47. The lowest BCUT2D eigenvalue weighted by Crippen LogP contribution is -2.35. The first-order chi connectivity index (χ1) is 12.4. The Morgan fingerprint density at radius 3 is 2.50 bits per heavy atom. The van der Waals surface area contributed by atoms with E-state index in [0.717, 1.165) is 0 Å². The highest BCUT2D eigenvalue weighted by molar-refractivity contribution is 6.46. The van der Waals surface area contributed by atoms with E-state index in [2.05, 4.69) is 0 Å². The molecule has 0 bridgehead atoms. The molecule has 1 atom stereocenters. The molecule has 2 heterocycles. The van der Waals surface area contributed by atoms with Crippen LogP contribution in [0.1, 0.15) is 17.4 Å². The van der Waals surface area contributed by atoms with Gasteiger partial charge in [-0.25, -0.2) is 0 Å². The molecule has 1 aromatic heterocycles. The second-order valence-electron chi connectivity index (χ2n) is 6.32. The van der Waals surface area contributed by atoms with Crippen molar-refractivity contribution in [1.29, 1.82) is 0 Å². The number of hydrogen-bond donors (Lipinski definition) is 1. The van der Waals surface area contributed by atoms with Gasteiger partial charge in [-0.3, -0.25) is 9.59 Å². The number of rotatable bonds is 5. The number of nitrogens with zero attached hydrogens (tertiary/aromatic N) is 2. The molecular weight excluding hydrogens is 356 g/mol. The van der Waals surface area contributed by atoms with E-state index in [9.17, 15) is 14.7 Å². The first-order valence-electron chi connectivity index (χ1n) is 8.12. The maximum absolute atomic E-state index is 12.7. The van der Waals surface area contributed by atoms with E-state index in [1.165, 1.54) is 11.2 Å². The van der Waals surface area contributed by atoms with Crippen LogP contribution in [0.2, 0.25) is 5.02 Å². The number of likely N-dealkylation sites (N-methyl/N-ethyl adjacent to an activating group) is 1. The topological polar surface area (TPSA) is 74.0 Å². The monoisotopic (exact) mass is 374 g/mol. The van der Waals surface area contributed by atoms with E-state index in [1.807, 2.05) is 19.0 Å². The number of carbonyl (C=O) groups excluding carboxylic acids is 2. The van der Waals surface area contributed by atoms with E-state index in [-0.39, 0.29) is 11.3 Å². The molecule has 3 rings (SSSR count). The maximum Gasteiger partial charge on any atom is 0.295 e. The Kier molecular flexibility index (Phi) is 5.15. The number of ketones is 1. The Bertz CT molecular complexity index is 841. The summed E-state index contributed by atoms with van der Waals surface area (Å²) in [6.07, 6.45) is 1.48. The highest BCUT2D eigenvalue weighted by Crippen LogP contribution is 2.39. The van der Waals surface area contributed by atoms with Gasteiger partial charge in [-0.05, 0) is 50.5 Å². The Hall–Kier alpha value is -2.57. The Morgan fingerprint density at radius 1 is 1.23 bits per heavy atom. The van der Waals surface area contributed by atoms with Crippen LogP contribution in [0, 0.1) is 0 Å². The molecule has 0 unspecified atom stereocenters. The lowest BCUT2D eigenvalue weighted by atomic mass is 9.99. The molecule has 6 nitrogen and oxygen atoms in total. The van der Waals surface area contributed by atoms with Gasteiger partial charge < -0.3 is 19.3 Å². The summed E-state index contributed by atoms with van der Waals surface area (Å²) < 4.78 is 5.46. The van der Waals surface area contributed by atoms with Gasteiger partial charge in [0.25, 0.3) is 11.7 Å². The minimum atomic E-state index is -0.763. The fraction of sp³-hybridized carbons (Fsp3) is 0.263. The first kappa shape index (κ1) is 18.2. The van der Waals surface area contributed by atoms with Gasteiger partial charge in [-0.1, -0.05) is 11.6 Å². The second-order valence-corrected chi connectivity index (χ2v) is 6.75. The Labute approximate surface area is 156 Å². The van der Waals surface area contributed by atoms with Crippen molar-refractivity contribution in [3.8, 4) is 0 Å². The number of benzene rings is 1. The van der Waals surface area contributed by atoms with Crippen LogP contribution in [-0.4, -0.2) is 53.8 Å². The van der Waals surface area contributed by atoms with Gasteiger partial charge in [0.2, 0.25) is 0 Å². The van der Waals surface area contributed by atoms with Crippen LogP contribution in [-0.2, 0) is 9.59 Å². The molecule has 0 saturated carbocycles. The van der Waals surface area contributed by atoms with Crippen LogP contribution in [0.15, 0.2) is 52.7 Å². The van der Waals surface area contributed by atoms with Crippen LogP contribution in [0.25, 0.3) is 5.76 Å². The summed E-state index contributed by atoms with van der Waals surface area (Å²) in [5.74, 6) is -1.19. The number of furan rings is 1. The number of amides is 1. The van der Waals surface area contributed by atoms with E-state index < -0.39 is 17.7 Å². The summed E-state index contributed by atoms with van der Waals surface area (Å²) in [5, 5.41) is 11.3. The molecule has 0 spiro atoms. The first-order valence-corrected chi connectivity index (χ1v) is 8.50. The summed E-state index contributed by atoms with van der Waals surface area (Å²) in [7, 11) is 3.76. The molecule has 0 aliphatic carbocycles. The normalized spacial score (nSPS) is 19.5. The molecule has 0 radical (unpaired) electrons. The average Bonchev–Trinajstić information content (AvgIpc) is 3.21. The molecule has 1 saturated heterocycles. The number of aliphatic hydroxyl groups is 1. The fourth-order valence-electron chi connectivity index (χ4n) is 2.92.